The number of carbonyl (C=O) groups is 1. The van der Waals surface area contributed by atoms with Gasteiger partial charge >= 0.3 is 0 Å². The van der Waals surface area contributed by atoms with E-state index in [1.165, 1.54) is 34.6 Å². The second kappa shape index (κ2) is 10.1. The van der Waals surface area contributed by atoms with Crippen molar-refractivity contribution < 1.29 is 24.1 Å². The second-order valence-corrected chi connectivity index (χ2v) is 8.47. The number of hydrogen-bond donors (Lipinski definition) is 3. The van der Waals surface area contributed by atoms with E-state index in [4.69, 9.17) is 9.47 Å². The van der Waals surface area contributed by atoms with E-state index in [1.807, 2.05) is 12.1 Å². The lowest BCUT2D eigenvalue weighted by atomic mass is 9.86. The molecule has 2 aliphatic rings. The highest BCUT2D eigenvalue weighted by molar-refractivity contribution is 5.77. The normalized spacial score (nSPS) is 27.8. The first-order valence-corrected chi connectivity index (χ1v) is 10.8. The molecular formula is C22H37N3O3+2. The largest absolute Gasteiger partial charge is 0.497 e. The van der Waals surface area contributed by atoms with Crippen molar-refractivity contribution in [3.8, 4) is 11.5 Å². The van der Waals surface area contributed by atoms with Crippen LogP contribution in [0.25, 0.3) is 0 Å². The molecule has 3 rings (SSSR count). The molecule has 156 valence electrons. The van der Waals surface area contributed by atoms with Gasteiger partial charge in [0.05, 0.1) is 19.8 Å². The van der Waals surface area contributed by atoms with E-state index in [9.17, 15) is 4.79 Å². The molecule has 1 saturated carbocycles. The molecule has 1 heterocycles. The van der Waals surface area contributed by atoms with Crippen molar-refractivity contribution in [2.75, 3.05) is 46.9 Å². The predicted octanol–water partition coefficient (Wildman–Crippen LogP) is -0.318. The first-order chi connectivity index (χ1) is 13.6. The fourth-order valence-corrected chi connectivity index (χ4v) is 4.62. The molecule has 0 bridgehead atoms. The van der Waals surface area contributed by atoms with Crippen LogP contribution in [0.1, 0.15) is 38.2 Å². The van der Waals surface area contributed by atoms with Crippen LogP contribution in [0.2, 0.25) is 0 Å². The Morgan fingerprint density at radius 3 is 2.46 bits per heavy atom. The Morgan fingerprint density at radius 1 is 1.07 bits per heavy atom. The molecule has 28 heavy (non-hydrogen) atoms. The van der Waals surface area contributed by atoms with Gasteiger partial charge in [0.1, 0.15) is 44.2 Å². The maximum Gasteiger partial charge on any atom is 0.275 e. The summed E-state index contributed by atoms with van der Waals surface area (Å²) in [5.41, 5.74) is 1.18. The number of rotatable bonds is 7. The van der Waals surface area contributed by atoms with Gasteiger partial charge in [-0.2, -0.15) is 0 Å². The molecule has 1 aliphatic heterocycles. The molecule has 1 aromatic rings. The Bertz CT molecular complexity index is 644. The van der Waals surface area contributed by atoms with Gasteiger partial charge in [0, 0.05) is 6.04 Å². The quantitative estimate of drug-likeness (QED) is 0.597. The molecule has 1 aliphatic carbocycles. The van der Waals surface area contributed by atoms with E-state index in [0.29, 0.717) is 18.5 Å². The van der Waals surface area contributed by atoms with Gasteiger partial charge in [0.25, 0.3) is 5.91 Å². The molecule has 2 atom stereocenters. The highest BCUT2D eigenvalue weighted by atomic mass is 16.5. The van der Waals surface area contributed by atoms with Gasteiger partial charge in [-0.1, -0.05) is 19.8 Å². The van der Waals surface area contributed by atoms with Crippen LogP contribution in [-0.4, -0.2) is 58.9 Å². The van der Waals surface area contributed by atoms with E-state index in [1.54, 1.807) is 14.2 Å². The SMILES string of the molecule is COc1ccc(OC)c(C[NH+]2CC[NH+](CC(=O)N[C@@H]3CCCC[C@@H]3C)CC2)c1. The summed E-state index contributed by atoms with van der Waals surface area (Å²) in [5.74, 6) is 2.63. The molecule has 2 fully saturated rings. The summed E-state index contributed by atoms with van der Waals surface area (Å²) < 4.78 is 10.9. The topological polar surface area (TPSA) is 56.4 Å². The van der Waals surface area contributed by atoms with Crippen LogP contribution in [0.3, 0.4) is 0 Å². The smallest absolute Gasteiger partial charge is 0.275 e. The fraction of sp³-hybridized carbons (Fsp3) is 0.682. The Labute approximate surface area is 169 Å². The summed E-state index contributed by atoms with van der Waals surface area (Å²) in [6.07, 6.45) is 4.94. The van der Waals surface area contributed by atoms with Gasteiger partial charge in [-0.15, -0.1) is 0 Å². The van der Waals surface area contributed by atoms with Gasteiger partial charge in [-0.3, -0.25) is 4.79 Å². The third-order valence-corrected chi connectivity index (χ3v) is 6.46. The number of hydrogen-bond acceptors (Lipinski definition) is 3. The van der Waals surface area contributed by atoms with Crippen molar-refractivity contribution in [3.05, 3.63) is 23.8 Å². The van der Waals surface area contributed by atoms with E-state index in [-0.39, 0.29) is 5.91 Å². The Balaban J connectivity index is 1.45. The molecule has 6 heteroatoms. The van der Waals surface area contributed by atoms with Crippen LogP contribution in [0, 0.1) is 5.92 Å². The van der Waals surface area contributed by atoms with E-state index in [0.717, 1.165) is 50.6 Å². The summed E-state index contributed by atoms with van der Waals surface area (Å²) in [6.45, 7) is 8.03. The first-order valence-electron chi connectivity index (χ1n) is 10.8. The zero-order valence-electron chi connectivity index (χ0n) is 17.7. The van der Waals surface area contributed by atoms with E-state index in [2.05, 4.69) is 18.3 Å². The first kappa shape index (κ1) is 20.9. The van der Waals surface area contributed by atoms with Crippen LogP contribution in [0.4, 0.5) is 0 Å². The third-order valence-electron chi connectivity index (χ3n) is 6.46. The Morgan fingerprint density at radius 2 is 1.79 bits per heavy atom. The number of benzene rings is 1. The molecule has 6 nitrogen and oxygen atoms in total. The van der Waals surface area contributed by atoms with Gasteiger partial charge in [0.15, 0.2) is 6.54 Å². The number of quaternary nitrogens is 2. The molecule has 0 unspecified atom stereocenters. The van der Waals surface area contributed by atoms with Crippen LogP contribution in [-0.2, 0) is 11.3 Å². The molecule has 1 saturated heterocycles. The van der Waals surface area contributed by atoms with Crippen molar-refractivity contribution in [1.82, 2.24) is 5.32 Å². The Kier molecular flexibility index (Phi) is 7.57. The monoisotopic (exact) mass is 391 g/mol. The van der Waals surface area contributed by atoms with Crippen LogP contribution < -0.4 is 24.6 Å². The van der Waals surface area contributed by atoms with Crippen LogP contribution in [0.15, 0.2) is 18.2 Å². The zero-order chi connectivity index (χ0) is 19.9. The molecule has 1 aromatic carbocycles. The average molecular weight is 392 g/mol. The van der Waals surface area contributed by atoms with Crippen LogP contribution in [0.5, 0.6) is 11.5 Å². The lowest BCUT2D eigenvalue weighted by Gasteiger charge is -2.32. The molecular weight excluding hydrogens is 354 g/mol. The molecule has 1 amide bonds. The highest BCUT2D eigenvalue weighted by Crippen LogP contribution is 2.24. The zero-order valence-corrected chi connectivity index (χ0v) is 17.7. The van der Waals surface area contributed by atoms with Crippen molar-refractivity contribution in [2.24, 2.45) is 5.92 Å². The second-order valence-electron chi connectivity index (χ2n) is 8.47. The minimum atomic E-state index is 0.228. The fourth-order valence-electron chi connectivity index (χ4n) is 4.62. The third kappa shape index (κ3) is 5.61. The lowest BCUT2D eigenvalue weighted by molar-refractivity contribution is -1.02. The number of amides is 1. The predicted molar refractivity (Wildman–Crippen MR) is 109 cm³/mol. The minimum Gasteiger partial charge on any atom is -0.497 e. The summed E-state index contributed by atoms with van der Waals surface area (Å²) in [5, 5.41) is 3.30. The maximum absolute atomic E-state index is 12.5. The molecule has 0 aromatic heterocycles. The maximum atomic E-state index is 12.5. The standard InChI is InChI=1S/C22H35N3O3/c1-17-6-4-5-7-20(17)23-22(26)16-25-12-10-24(11-13-25)15-18-14-19(27-2)8-9-21(18)28-3/h8-9,14,17,20H,4-7,10-13,15-16H2,1-3H3,(H,23,26)/p+2/t17-,20+/m0/s1. The van der Waals surface area contributed by atoms with Crippen molar-refractivity contribution >= 4 is 5.91 Å². The van der Waals surface area contributed by atoms with Crippen molar-refractivity contribution in [1.29, 1.82) is 0 Å². The summed E-state index contributed by atoms with van der Waals surface area (Å²) >= 11 is 0. The Hall–Kier alpha value is -1.79. The van der Waals surface area contributed by atoms with Gasteiger partial charge in [-0.05, 0) is 37.0 Å². The van der Waals surface area contributed by atoms with Gasteiger partial charge in [0.2, 0.25) is 0 Å². The van der Waals surface area contributed by atoms with Crippen molar-refractivity contribution in [3.63, 3.8) is 0 Å². The van der Waals surface area contributed by atoms with Crippen molar-refractivity contribution in [2.45, 2.75) is 45.2 Å². The van der Waals surface area contributed by atoms with E-state index < -0.39 is 0 Å². The van der Waals surface area contributed by atoms with Gasteiger partial charge < -0.3 is 24.6 Å². The number of methoxy groups -OCH3 is 2. The van der Waals surface area contributed by atoms with Gasteiger partial charge in [-0.25, -0.2) is 0 Å². The lowest BCUT2D eigenvalue weighted by Crippen LogP contribution is -3.28. The average Bonchev–Trinajstić information content (AvgIpc) is 2.71. The van der Waals surface area contributed by atoms with E-state index >= 15 is 0 Å². The minimum absolute atomic E-state index is 0.228. The molecule has 3 N–H and O–H groups in total. The summed E-state index contributed by atoms with van der Waals surface area (Å²) in [7, 11) is 3.41. The number of piperazine rings is 1. The molecule has 0 radical (unpaired) electrons. The highest BCUT2D eigenvalue weighted by Gasteiger charge is 2.28. The van der Waals surface area contributed by atoms with Crippen LogP contribution >= 0.6 is 0 Å². The summed E-state index contributed by atoms with van der Waals surface area (Å²) in [6, 6.07) is 6.37. The molecule has 0 spiro atoms. The number of ether oxygens (including phenoxy) is 2. The summed E-state index contributed by atoms with van der Waals surface area (Å²) in [4.78, 5) is 15.4. The number of nitrogens with one attached hydrogen (secondary N) is 3. The number of carbonyl (C=O) groups excluding carboxylic acids is 1.